The van der Waals surface area contributed by atoms with Crippen molar-refractivity contribution in [3.63, 3.8) is 0 Å². The zero-order valence-corrected chi connectivity index (χ0v) is 10.0. The Hall–Kier alpha value is -2.33. The number of nitrogens with zero attached hydrogens (tertiary/aromatic N) is 2. The average molecular weight is 254 g/mol. The summed E-state index contributed by atoms with van der Waals surface area (Å²) >= 11 is 0. The van der Waals surface area contributed by atoms with Gasteiger partial charge in [0.15, 0.2) is 0 Å². The van der Waals surface area contributed by atoms with Crippen LogP contribution in [0.4, 0.5) is 4.39 Å². The summed E-state index contributed by atoms with van der Waals surface area (Å²) in [5.74, 6) is -0.330. The van der Waals surface area contributed by atoms with Gasteiger partial charge in [-0.05, 0) is 30.3 Å². The number of rotatable bonds is 2. The van der Waals surface area contributed by atoms with Crippen LogP contribution in [0.5, 0.6) is 0 Å². The van der Waals surface area contributed by atoms with Crippen molar-refractivity contribution in [3.8, 4) is 11.4 Å². The maximum atomic E-state index is 13.2. The van der Waals surface area contributed by atoms with Crippen LogP contribution in [-0.4, -0.2) is 15.1 Å². The summed E-state index contributed by atoms with van der Waals surface area (Å²) in [6.07, 6.45) is 1.66. The Labute approximate surface area is 109 Å². The molecule has 19 heavy (non-hydrogen) atoms. The predicted molar refractivity (Wildman–Crippen MR) is 70.9 cm³/mol. The third-order valence-electron chi connectivity index (χ3n) is 2.94. The van der Waals surface area contributed by atoms with Crippen LogP contribution < -0.4 is 0 Å². The van der Waals surface area contributed by atoms with E-state index in [0.717, 1.165) is 5.39 Å². The van der Waals surface area contributed by atoms with Crippen LogP contribution in [-0.2, 0) is 6.61 Å². The number of benzene rings is 1. The molecule has 0 saturated carbocycles. The van der Waals surface area contributed by atoms with Gasteiger partial charge >= 0.3 is 0 Å². The topological polar surface area (TPSA) is 46.0 Å². The molecule has 0 aliphatic heterocycles. The van der Waals surface area contributed by atoms with E-state index < -0.39 is 0 Å². The van der Waals surface area contributed by atoms with Gasteiger partial charge in [-0.3, -0.25) is 4.98 Å². The van der Waals surface area contributed by atoms with Crippen LogP contribution in [0.3, 0.4) is 0 Å². The Morgan fingerprint density at radius 1 is 1.11 bits per heavy atom. The highest BCUT2D eigenvalue weighted by Gasteiger charge is 2.10. The van der Waals surface area contributed by atoms with Crippen molar-refractivity contribution < 1.29 is 9.50 Å². The fourth-order valence-corrected chi connectivity index (χ4v) is 2.03. The first-order valence-electron chi connectivity index (χ1n) is 5.89. The fourth-order valence-electron chi connectivity index (χ4n) is 2.03. The maximum absolute atomic E-state index is 13.2. The van der Waals surface area contributed by atoms with E-state index in [0.29, 0.717) is 22.5 Å². The summed E-state index contributed by atoms with van der Waals surface area (Å²) in [4.78, 5) is 8.63. The predicted octanol–water partition coefficient (Wildman–Crippen LogP) is 2.93. The lowest BCUT2D eigenvalue weighted by Gasteiger charge is -2.08. The molecular weight excluding hydrogens is 243 g/mol. The molecule has 3 nitrogen and oxygen atoms in total. The van der Waals surface area contributed by atoms with Gasteiger partial charge < -0.3 is 5.11 Å². The number of pyridine rings is 2. The zero-order valence-electron chi connectivity index (χ0n) is 10.0. The monoisotopic (exact) mass is 254 g/mol. The minimum atomic E-state index is -0.330. The van der Waals surface area contributed by atoms with E-state index in [9.17, 15) is 9.50 Å². The smallest absolute Gasteiger partial charge is 0.125 e. The average Bonchev–Trinajstić information content (AvgIpc) is 2.46. The molecule has 2 heterocycles. The number of aromatic nitrogens is 2. The SMILES string of the molecule is OCc1cc2ccc(F)cc2nc1-c1ccccn1. The summed E-state index contributed by atoms with van der Waals surface area (Å²) in [5.41, 5.74) is 2.48. The van der Waals surface area contributed by atoms with Crippen molar-refractivity contribution in [2.45, 2.75) is 6.61 Å². The normalized spacial score (nSPS) is 10.8. The van der Waals surface area contributed by atoms with Crippen LogP contribution in [0.25, 0.3) is 22.3 Å². The molecule has 0 amide bonds. The summed E-state index contributed by atoms with van der Waals surface area (Å²) < 4.78 is 13.2. The molecule has 4 heteroatoms. The number of aliphatic hydroxyl groups excluding tert-OH is 1. The van der Waals surface area contributed by atoms with Crippen LogP contribution in [0.1, 0.15) is 5.56 Å². The molecule has 0 fully saturated rings. The van der Waals surface area contributed by atoms with E-state index >= 15 is 0 Å². The molecule has 0 saturated heterocycles. The fraction of sp³-hybridized carbons (Fsp3) is 0.0667. The Morgan fingerprint density at radius 2 is 2.00 bits per heavy atom. The van der Waals surface area contributed by atoms with Gasteiger partial charge in [0.05, 0.1) is 23.5 Å². The highest BCUT2D eigenvalue weighted by molar-refractivity contribution is 5.82. The van der Waals surface area contributed by atoms with E-state index in [4.69, 9.17) is 0 Å². The highest BCUT2D eigenvalue weighted by atomic mass is 19.1. The Kier molecular flexibility index (Phi) is 2.93. The van der Waals surface area contributed by atoms with Crippen molar-refractivity contribution in [1.29, 1.82) is 0 Å². The Balaban J connectivity index is 2.28. The number of hydrogen-bond acceptors (Lipinski definition) is 3. The van der Waals surface area contributed by atoms with Crippen molar-refractivity contribution >= 4 is 10.9 Å². The molecule has 0 atom stereocenters. The summed E-state index contributed by atoms with van der Waals surface area (Å²) in [7, 11) is 0. The second kappa shape index (κ2) is 4.74. The van der Waals surface area contributed by atoms with Gasteiger partial charge in [-0.2, -0.15) is 0 Å². The summed E-state index contributed by atoms with van der Waals surface area (Å²) in [6.45, 7) is -0.133. The molecule has 0 aliphatic rings. The zero-order chi connectivity index (χ0) is 13.2. The third kappa shape index (κ3) is 2.18. The molecule has 94 valence electrons. The molecule has 3 aromatic rings. The van der Waals surface area contributed by atoms with Crippen molar-refractivity contribution in [2.75, 3.05) is 0 Å². The molecule has 0 bridgehead atoms. The Bertz CT molecular complexity index is 729. The quantitative estimate of drug-likeness (QED) is 0.764. The molecule has 2 aromatic heterocycles. The lowest BCUT2D eigenvalue weighted by Crippen LogP contribution is -1.96. The van der Waals surface area contributed by atoms with Crippen molar-refractivity contribution in [2.24, 2.45) is 0 Å². The second-order valence-corrected chi connectivity index (χ2v) is 4.21. The molecule has 0 spiro atoms. The second-order valence-electron chi connectivity index (χ2n) is 4.21. The molecule has 1 N–H and O–H groups in total. The van der Waals surface area contributed by atoms with Crippen LogP contribution in [0.2, 0.25) is 0 Å². The number of fused-ring (bicyclic) bond motifs is 1. The molecular formula is C15H11FN2O. The third-order valence-corrected chi connectivity index (χ3v) is 2.94. The summed E-state index contributed by atoms with van der Waals surface area (Å²) in [5, 5.41) is 10.2. The van der Waals surface area contributed by atoms with E-state index in [2.05, 4.69) is 9.97 Å². The molecule has 0 unspecified atom stereocenters. The van der Waals surface area contributed by atoms with E-state index in [1.165, 1.54) is 12.1 Å². The van der Waals surface area contributed by atoms with Crippen molar-refractivity contribution in [1.82, 2.24) is 9.97 Å². The van der Waals surface area contributed by atoms with Gasteiger partial charge in [0.1, 0.15) is 5.82 Å². The minimum Gasteiger partial charge on any atom is -0.392 e. The standard InChI is InChI=1S/C15H11FN2O/c16-12-5-4-10-7-11(9-19)15(18-14(10)8-12)13-3-1-2-6-17-13/h1-8,19H,9H2. The lowest BCUT2D eigenvalue weighted by atomic mass is 10.1. The van der Waals surface area contributed by atoms with E-state index in [-0.39, 0.29) is 12.4 Å². The van der Waals surface area contributed by atoms with Gasteiger partial charge in [0, 0.05) is 23.2 Å². The van der Waals surface area contributed by atoms with Crippen LogP contribution in [0.15, 0.2) is 48.7 Å². The minimum absolute atomic E-state index is 0.133. The number of aliphatic hydroxyl groups is 1. The molecule has 1 aromatic carbocycles. The van der Waals surface area contributed by atoms with Gasteiger partial charge in [-0.1, -0.05) is 6.07 Å². The summed E-state index contributed by atoms with van der Waals surface area (Å²) in [6, 6.07) is 11.7. The van der Waals surface area contributed by atoms with E-state index in [1.807, 2.05) is 24.3 Å². The first kappa shape index (κ1) is 11.7. The lowest BCUT2D eigenvalue weighted by molar-refractivity contribution is 0.282. The first-order chi connectivity index (χ1) is 9.28. The highest BCUT2D eigenvalue weighted by Crippen LogP contribution is 2.24. The Morgan fingerprint density at radius 3 is 2.74 bits per heavy atom. The number of halogens is 1. The van der Waals surface area contributed by atoms with Gasteiger partial charge in [0.25, 0.3) is 0 Å². The van der Waals surface area contributed by atoms with Crippen LogP contribution >= 0.6 is 0 Å². The molecule has 0 radical (unpaired) electrons. The maximum Gasteiger partial charge on any atom is 0.125 e. The van der Waals surface area contributed by atoms with Gasteiger partial charge in [-0.25, -0.2) is 9.37 Å². The van der Waals surface area contributed by atoms with Gasteiger partial charge in [0.2, 0.25) is 0 Å². The molecule has 3 rings (SSSR count). The van der Waals surface area contributed by atoms with Crippen molar-refractivity contribution in [3.05, 3.63) is 60.0 Å². The van der Waals surface area contributed by atoms with E-state index in [1.54, 1.807) is 12.3 Å². The van der Waals surface area contributed by atoms with Gasteiger partial charge in [-0.15, -0.1) is 0 Å². The number of hydrogen-bond donors (Lipinski definition) is 1. The first-order valence-corrected chi connectivity index (χ1v) is 5.89. The molecule has 0 aliphatic carbocycles. The van der Waals surface area contributed by atoms with Crippen LogP contribution in [0, 0.1) is 5.82 Å². The largest absolute Gasteiger partial charge is 0.392 e.